The molecule has 0 spiro atoms. The molecule has 0 saturated carbocycles. The molecule has 94 valence electrons. The van der Waals surface area contributed by atoms with Crippen LogP contribution in [0.5, 0.6) is 0 Å². The third-order valence-electron chi connectivity index (χ3n) is 3.22. The van der Waals surface area contributed by atoms with Crippen molar-refractivity contribution >= 4 is 17.5 Å². The maximum Gasteiger partial charge on any atom is 0.156 e. The summed E-state index contributed by atoms with van der Waals surface area (Å²) < 4.78 is 1.81. The van der Waals surface area contributed by atoms with Crippen LogP contribution in [-0.4, -0.2) is 51.6 Å². The van der Waals surface area contributed by atoms with Crippen LogP contribution in [0.4, 0.5) is 0 Å². The highest BCUT2D eigenvalue weighted by Crippen LogP contribution is 2.17. The number of ketones is 1. The molecule has 0 bridgehead atoms. The monoisotopic (exact) mass is 253 g/mol. The first-order valence-corrected chi connectivity index (χ1v) is 7.03. The molecule has 1 aromatic heterocycles. The fourth-order valence-corrected chi connectivity index (χ4v) is 3.40. The second-order valence-corrected chi connectivity index (χ2v) is 5.76. The van der Waals surface area contributed by atoms with Crippen LogP contribution >= 0.6 is 11.8 Å². The van der Waals surface area contributed by atoms with Gasteiger partial charge >= 0.3 is 0 Å². The van der Waals surface area contributed by atoms with Crippen molar-refractivity contribution in [3.8, 4) is 0 Å². The lowest BCUT2D eigenvalue weighted by Gasteiger charge is -2.30. The minimum absolute atomic E-state index is 0.0731. The highest BCUT2D eigenvalue weighted by Gasteiger charge is 2.26. The molecule has 17 heavy (non-hydrogen) atoms. The highest BCUT2D eigenvalue weighted by atomic mass is 32.2. The molecular formula is C12H19N3OS. The molecule has 1 aliphatic rings. The van der Waals surface area contributed by atoms with Gasteiger partial charge in [-0.05, 0) is 20.0 Å². The second-order valence-electron chi connectivity index (χ2n) is 4.62. The average molecular weight is 253 g/mol. The number of hydrogen-bond donors (Lipinski definition) is 0. The summed E-state index contributed by atoms with van der Waals surface area (Å²) in [5.74, 6) is 2.36. The van der Waals surface area contributed by atoms with Crippen LogP contribution in [0, 0.1) is 6.92 Å². The summed E-state index contributed by atoms with van der Waals surface area (Å²) in [6, 6.07) is 2.07. The first-order valence-electron chi connectivity index (χ1n) is 5.88. The van der Waals surface area contributed by atoms with Crippen LogP contribution in [0.3, 0.4) is 0 Å². The quantitative estimate of drug-likeness (QED) is 0.802. The lowest BCUT2D eigenvalue weighted by Crippen LogP contribution is -2.45. The van der Waals surface area contributed by atoms with E-state index in [0.29, 0.717) is 12.2 Å². The van der Waals surface area contributed by atoms with Gasteiger partial charge in [0.15, 0.2) is 5.78 Å². The van der Waals surface area contributed by atoms with Crippen molar-refractivity contribution in [1.29, 1.82) is 0 Å². The van der Waals surface area contributed by atoms with E-state index in [9.17, 15) is 4.79 Å². The van der Waals surface area contributed by atoms with Crippen LogP contribution in [0.25, 0.3) is 0 Å². The first-order chi connectivity index (χ1) is 8.08. The molecule has 0 N–H and O–H groups in total. The third-order valence-corrected chi connectivity index (χ3v) is 4.24. The molecule has 1 aliphatic heterocycles. The van der Waals surface area contributed by atoms with Crippen LogP contribution in [0.15, 0.2) is 6.07 Å². The van der Waals surface area contributed by atoms with Crippen LogP contribution in [0.1, 0.15) is 11.4 Å². The average Bonchev–Trinajstić information content (AvgIpc) is 2.58. The number of aryl methyl sites for hydroxylation is 2. The smallest absolute Gasteiger partial charge is 0.156 e. The number of Topliss-reactive ketones (excluding diaryl/α,β-unsaturated/α-hetero) is 1. The summed E-state index contributed by atoms with van der Waals surface area (Å²) in [5.41, 5.74) is 1.98. The van der Waals surface area contributed by atoms with Gasteiger partial charge in [-0.1, -0.05) is 0 Å². The number of nitrogens with zero attached hydrogens (tertiary/aromatic N) is 3. The Labute approximate surface area is 106 Å². The molecule has 1 aromatic rings. The van der Waals surface area contributed by atoms with E-state index in [1.165, 1.54) is 0 Å². The van der Waals surface area contributed by atoms with Crippen LogP contribution in [-0.2, 0) is 18.3 Å². The second kappa shape index (κ2) is 5.23. The van der Waals surface area contributed by atoms with Gasteiger partial charge in [-0.25, -0.2) is 0 Å². The minimum atomic E-state index is 0.0731. The number of rotatable bonds is 3. The third kappa shape index (κ3) is 2.90. The molecule has 1 fully saturated rings. The van der Waals surface area contributed by atoms with Crippen molar-refractivity contribution < 1.29 is 4.79 Å². The van der Waals surface area contributed by atoms with E-state index in [4.69, 9.17) is 0 Å². The molecule has 5 heteroatoms. The molecule has 1 atom stereocenters. The number of thioether (sulfide) groups is 1. The SMILES string of the molecule is Cc1cc(CC(=O)C2CSCCN2C)n(C)n1. The van der Waals surface area contributed by atoms with Crippen molar-refractivity contribution in [3.63, 3.8) is 0 Å². The van der Waals surface area contributed by atoms with Gasteiger partial charge in [0, 0.05) is 30.8 Å². The van der Waals surface area contributed by atoms with E-state index in [-0.39, 0.29) is 6.04 Å². The Morgan fingerprint density at radius 3 is 2.94 bits per heavy atom. The Balaban J connectivity index is 2.03. The number of carbonyl (C=O) groups excluding carboxylic acids is 1. The predicted octanol–water partition coefficient (Wildman–Crippen LogP) is 0.887. The molecule has 4 nitrogen and oxygen atoms in total. The topological polar surface area (TPSA) is 38.1 Å². The van der Waals surface area contributed by atoms with E-state index in [0.717, 1.165) is 29.4 Å². The number of likely N-dealkylation sites (N-methyl/N-ethyl adjacent to an activating group) is 1. The largest absolute Gasteiger partial charge is 0.297 e. The van der Waals surface area contributed by atoms with Crippen molar-refractivity contribution in [3.05, 3.63) is 17.5 Å². The van der Waals surface area contributed by atoms with Crippen molar-refractivity contribution in [2.75, 3.05) is 25.1 Å². The zero-order chi connectivity index (χ0) is 12.4. The van der Waals surface area contributed by atoms with E-state index < -0.39 is 0 Å². The Morgan fingerprint density at radius 2 is 2.35 bits per heavy atom. The zero-order valence-electron chi connectivity index (χ0n) is 10.6. The molecule has 2 rings (SSSR count). The number of carbonyl (C=O) groups is 1. The van der Waals surface area contributed by atoms with E-state index >= 15 is 0 Å². The molecule has 0 aromatic carbocycles. The molecule has 0 amide bonds. The Kier molecular flexibility index (Phi) is 3.89. The van der Waals surface area contributed by atoms with Gasteiger partial charge in [-0.3, -0.25) is 14.4 Å². The van der Waals surface area contributed by atoms with Gasteiger partial charge in [0.05, 0.1) is 18.2 Å². The summed E-state index contributed by atoms with van der Waals surface area (Å²) in [4.78, 5) is 14.4. The van der Waals surface area contributed by atoms with Gasteiger partial charge in [-0.2, -0.15) is 16.9 Å². The van der Waals surface area contributed by atoms with Crippen molar-refractivity contribution in [2.24, 2.45) is 7.05 Å². The Hall–Kier alpha value is -0.810. The fourth-order valence-electron chi connectivity index (χ4n) is 2.15. The molecule has 0 radical (unpaired) electrons. The van der Waals surface area contributed by atoms with E-state index in [2.05, 4.69) is 10.00 Å². The van der Waals surface area contributed by atoms with Crippen molar-refractivity contribution in [2.45, 2.75) is 19.4 Å². The minimum Gasteiger partial charge on any atom is -0.297 e. The van der Waals surface area contributed by atoms with Crippen LogP contribution < -0.4 is 0 Å². The maximum atomic E-state index is 12.2. The normalized spacial score (nSPS) is 21.7. The molecule has 2 heterocycles. The summed E-state index contributed by atoms with van der Waals surface area (Å²) in [5, 5.41) is 4.27. The van der Waals surface area contributed by atoms with Crippen molar-refractivity contribution in [1.82, 2.24) is 14.7 Å². The van der Waals surface area contributed by atoms with Crippen LogP contribution in [0.2, 0.25) is 0 Å². The first kappa shape index (κ1) is 12.6. The van der Waals surface area contributed by atoms with Gasteiger partial charge in [0.25, 0.3) is 0 Å². The Bertz CT molecular complexity index is 416. The predicted molar refractivity (Wildman–Crippen MR) is 70.4 cm³/mol. The Morgan fingerprint density at radius 1 is 1.59 bits per heavy atom. The van der Waals surface area contributed by atoms with Gasteiger partial charge in [0.2, 0.25) is 0 Å². The standard InChI is InChI=1S/C12H19N3OS/c1-9-6-10(15(3)13-9)7-12(16)11-8-17-5-4-14(11)2/h6,11H,4-5,7-8H2,1-3H3. The summed E-state index contributed by atoms with van der Waals surface area (Å²) >= 11 is 1.87. The highest BCUT2D eigenvalue weighted by molar-refractivity contribution is 7.99. The number of hydrogen-bond acceptors (Lipinski definition) is 4. The number of aromatic nitrogens is 2. The van der Waals surface area contributed by atoms with Gasteiger partial charge in [-0.15, -0.1) is 0 Å². The molecule has 1 saturated heterocycles. The molecule has 0 aliphatic carbocycles. The van der Waals surface area contributed by atoms with E-state index in [1.807, 2.05) is 43.5 Å². The fraction of sp³-hybridized carbons (Fsp3) is 0.667. The van der Waals surface area contributed by atoms with E-state index in [1.54, 1.807) is 0 Å². The lowest BCUT2D eigenvalue weighted by molar-refractivity contribution is -0.122. The summed E-state index contributed by atoms with van der Waals surface area (Å²) in [6.07, 6.45) is 0.493. The zero-order valence-corrected chi connectivity index (χ0v) is 11.5. The summed E-state index contributed by atoms with van der Waals surface area (Å²) in [6.45, 7) is 2.96. The van der Waals surface area contributed by atoms with Gasteiger partial charge in [0.1, 0.15) is 0 Å². The maximum absolute atomic E-state index is 12.2. The summed E-state index contributed by atoms with van der Waals surface area (Å²) in [7, 11) is 3.94. The van der Waals surface area contributed by atoms with Gasteiger partial charge < -0.3 is 0 Å². The molecular weight excluding hydrogens is 234 g/mol. The lowest BCUT2D eigenvalue weighted by atomic mass is 10.1. The molecule has 1 unspecified atom stereocenters.